The van der Waals surface area contributed by atoms with Crippen LogP contribution in [0.15, 0.2) is 61.1 Å². The molecule has 1 fully saturated rings. The number of nitrogens with zero attached hydrogens (tertiary/aromatic N) is 6. The molecular weight excluding hydrogens is 529 g/mol. The molecule has 5 rings (SSSR count). The van der Waals surface area contributed by atoms with Gasteiger partial charge in [0.05, 0.1) is 54.3 Å². The Kier molecular flexibility index (Phi) is 8.31. The lowest BCUT2D eigenvalue weighted by atomic mass is 9.88. The lowest BCUT2D eigenvalue weighted by Gasteiger charge is -2.36. The van der Waals surface area contributed by atoms with Gasteiger partial charge in [-0.25, -0.2) is 14.2 Å². The molecule has 1 saturated carbocycles. The second kappa shape index (κ2) is 12.4. The molecule has 12 nitrogen and oxygen atoms in total. The summed E-state index contributed by atoms with van der Waals surface area (Å²) in [5.41, 5.74) is 2.81. The molecule has 4 aromatic rings. The number of carbonyl (C=O) groups is 1. The number of hydrogen-bond acceptors (Lipinski definition) is 9. The molecule has 0 aliphatic heterocycles. The molecule has 210 valence electrons. The number of carboxylic acid groups (broad SMARTS) is 1. The zero-order valence-corrected chi connectivity index (χ0v) is 22.2. The minimum Gasteiger partial charge on any atom is -0.465 e. The van der Waals surface area contributed by atoms with E-state index in [0.29, 0.717) is 42.9 Å². The molecule has 1 amide bonds. The number of benzene rings is 1. The Morgan fingerprint density at radius 2 is 1.95 bits per heavy atom. The Labute approximate surface area is 235 Å². The minimum absolute atomic E-state index is 0.00868. The zero-order chi connectivity index (χ0) is 28.8. The van der Waals surface area contributed by atoms with E-state index in [-0.39, 0.29) is 23.3 Å². The van der Waals surface area contributed by atoms with E-state index in [2.05, 4.69) is 36.1 Å². The molecular formula is C28H28FN9O3. The third kappa shape index (κ3) is 6.74. The summed E-state index contributed by atoms with van der Waals surface area (Å²) in [6.07, 6.45) is 4.85. The van der Waals surface area contributed by atoms with Crippen LogP contribution in [0.25, 0.3) is 5.69 Å². The van der Waals surface area contributed by atoms with Crippen LogP contribution in [0.1, 0.15) is 36.1 Å². The lowest BCUT2D eigenvalue weighted by molar-refractivity contribution is 0.00651. The fourth-order valence-corrected chi connectivity index (χ4v) is 4.78. The number of pyridine rings is 2. The molecule has 1 aromatic carbocycles. The summed E-state index contributed by atoms with van der Waals surface area (Å²) in [4.78, 5) is 21.7. The number of nitriles is 1. The van der Waals surface area contributed by atoms with Gasteiger partial charge in [-0.3, -0.25) is 4.98 Å². The molecule has 0 spiro atoms. The number of nitrogens with one attached hydrogen (secondary N) is 3. The third-order valence-electron chi connectivity index (χ3n) is 6.82. The quantitative estimate of drug-likeness (QED) is 0.233. The van der Waals surface area contributed by atoms with Crippen molar-refractivity contribution in [3.8, 4) is 11.8 Å². The molecule has 1 aliphatic carbocycles. The average molecular weight is 558 g/mol. The van der Waals surface area contributed by atoms with E-state index in [1.165, 1.54) is 4.80 Å². The first-order valence-corrected chi connectivity index (χ1v) is 13.0. The molecule has 41 heavy (non-hydrogen) atoms. The van der Waals surface area contributed by atoms with Gasteiger partial charge < -0.3 is 25.8 Å². The van der Waals surface area contributed by atoms with E-state index >= 15 is 4.39 Å². The van der Waals surface area contributed by atoms with E-state index in [1.807, 2.05) is 43.3 Å². The third-order valence-corrected chi connectivity index (χ3v) is 6.82. The number of ether oxygens (including phenoxy) is 1. The first kappa shape index (κ1) is 27.5. The Balaban J connectivity index is 1.33. The van der Waals surface area contributed by atoms with Gasteiger partial charge in [0.25, 0.3) is 0 Å². The first-order chi connectivity index (χ1) is 19.9. The second-order valence-electron chi connectivity index (χ2n) is 9.64. The molecule has 0 radical (unpaired) electrons. The van der Waals surface area contributed by atoms with Crippen molar-refractivity contribution in [3.63, 3.8) is 0 Å². The van der Waals surface area contributed by atoms with Crippen molar-refractivity contribution in [1.29, 1.82) is 5.26 Å². The highest BCUT2D eigenvalue weighted by atomic mass is 19.1. The van der Waals surface area contributed by atoms with Crippen molar-refractivity contribution in [3.05, 3.63) is 83.7 Å². The molecule has 3 unspecified atom stereocenters. The molecule has 3 heterocycles. The van der Waals surface area contributed by atoms with E-state index < -0.39 is 24.0 Å². The van der Waals surface area contributed by atoms with Gasteiger partial charge in [-0.15, -0.1) is 4.80 Å². The van der Waals surface area contributed by atoms with Crippen LogP contribution in [-0.2, 0) is 11.3 Å². The van der Waals surface area contributed by atoms with Crippen LogP contribution in [-0.4, -0.2) is 54.3 Å². The minimum atomic E-state index is -1.18. The number of rotatable bonds is 9. The highest BCUT2D eigenvalue weighted by molar-refractivity contribution is 5.67. The fourth-order valence-electron chi connectivity index (χ4n) is 4.78. The van der Waals surface area contributed by atoms with Gasteiger partial charge >= 0.3 is 6.09 Å². The number of amides is 1. The number of hydrogen-bond donors (Lipinski definition) is 4. The Morgan fingerprint density at radius 3 is 2.68 bits per heavy atom. The maximum atomic E-state index is 15.1. The highest BCUT2D eigenvalue weighted by Crippen LogP contribution is 2.29. The molecule has 4 N–H and O–H groups in total. The second-order valence-corrected chi connectivity index (χ2v) is 9.64. The van der Waals surface area contributed by atoms with Crippen molar-refractivity contribution in [2.24, 2.45) is 0 Å². The standard InChI is InChI=1S/C28H28FN9O3/c1-17-25(38-32-9-10-33-38)12-20(15-31-17)34-26-19(14-30)11-22(29)27(37-26)35-23-8-7-21(13-24(23)36-28(39)40)41-16-18-5-3-2-4-6-18/h2-6,9-12,15,21,23-24,36H,7-8,13,16H2,1H3,(H,39,40)(H2,34,35,37). The monoisotopic (exact) mass is 557 g/mol. The van der Waals surface area contributed by atoms with Crippen molar-refractivity contribution in [1.82, 2.24) is 30.3 Å². The lowest BCUT2D eigenvalue weighted by Crippen LogP contribution is -2.51. The summed E-state index contributed by atoms with van der Waals surface area (Å²) in [7, 11) is 0. The molecule has 3 aromatic heterocycles. The highest BCUT2D eigenvalue weighted by Gasteiger charge is 2.33. The summed E-state index contributed by atoms with van der Waals surface area (Å²) in [5, 5.41) is 36.0. The van der Waals surface area contributed by atoms with Crippen LogP contribution in [0.4, 0.5) is 26.5 Å². The number of anilines is 3. The van der Waals surface area contributed by atoms with Gasteiger partial charge in [0, 0.05) is 6.04 Å². The van der Waals surface area contributed by atoms with Gasteiger partial charge in [-0.1, -0.05) is 30.3 Å². The van der Waals surface area contributed by atoms with Crippen molar-refractivity contribution in [2.45, 2.75) is 51.0 Å². The molecule has 1 aliphatic rings. The van der Waals surface area contributed by atoms with Gasteiger partial charge in [0.2, 0.25) is 0 Å². The summed E-state index contributed by atoms with van der Waals surface area (Å²) in [6.45, 7) is 2.22. The predicted molar refractivity (Wildman–Crippen MR) is 147 cm³/mol. The topological polar surface area (TPSA) is 163 Å². The smallest absolute Gasteiger partial charge is 0.404 e. The van der Waals surface area contributed by atoms with E-state index in [1.54, 1.807) is 24.7 Å². The number of aromatic nitrogens is 5. The Bertz CT molecular complexity index is 1540. The number of halogens is 1. The van der Waals surface area contributed by atoms with E-state index in [0.717, 1.165) is 11.6 Å². The van der Waals surface area contributed by atoms with E-state index in [4.69, 9.17) is 4.74 Å². The van der Waals surface area contributed by atoms with Crippen LogP contribution in [0.5, 0.6) is 0 Å². The van der Waals surface area contributed by atoms with Crippen LogP contribution in [0, 0.1) is 24.1 Å². The van der Waals surface area contributed by atoms with Crippen LogP contribution < -0.4 is 16.0 Å². The molecule has 3 atom stereocenters. The summed E-state index contributed by atoms with van der Waals surface area (Å²) < 4.78 is 21.1. The first-order valence-electron chi connectivity index (χ1n) is 13.0. The normalized spacial score (nSPS) is 18.3. The van der Waals surface area contributed by atoms with Gasteiger partial charge in [0.15, 0.2) is 17.5 Å². The molecule has 13 heteroatoms. The summed E-state index contributed by atoms with van der Waals surface area (Å²) >= 11 is 0. The Morgan fingerprint density at radius 1 is 1.17 bits per heavy atom. The van der Waals surface area contributed by atoms with Crippen molar-refractivity contribution < 1.29 is 19.0 Å². The zero-order valence-electron chi connectivity index (χ0n) is 22.2. The molecule has 0 bridgehead atoms. The van der Waals surface area contributed by atoms with Crippen LogP contribution >= 0.6 is 0 Å². The molecule has 0 saturated heterocycles. The van der Waals surface area contributed by atoms with Crippen LogP contribution in [0.2, 0.25) is 0 Å². The predicted octanol–water partition coefficient (Wildman–Crippen LogP) is 4.31. The SMILES string of the molecule is Cc1ncc(Nc2nc(NC3CCC(OCc4ccccc4)CC3NC(=O)O)c(F)cc2C#N)cc1-n1nccn1. The largest absolute Gasteiger partial charge is 0.465 e. The van der Waals surface area contributed by atoms with Gasteiger partial charge in [0.1, 0.15) is 11.8 Å². The fraction of sp³-hybridized carbons (Fsp3) is 0.286. The Hall–Kier alpha value is -5.09. The maximum absolute atomic E-state index is 15.1. The number of aryl methyl sites for hydroxylation is 1. The maximum Gasteiger partial charge on any atom is 0.404 e. The van der Waals surface area contributed by atoms with E-state index in [9.17, 15) is 15.2 Å². The summed E-state index contributed by atoms with van der Waals surface area (Å²) in [5.74, 6) is -0.720. The van der Waals surface area contributed by atoms with Gasteiger partial charge in [-0.2, -0.15) is 15.5 Å². The van der Waals surface area contributed by atoms with Gasteiger partial charge in [-0.05, 0) is 43.9 Å². The van der Waals surface area contributed by atoms with Crippen molar-refractivity contribution in [2.75, 3.05) is 10.6 Å². The van der Waals surface area contributed by atoms with Crippen LogP contribution in [0.3, 0.4) is 0 Å². The average Bonchev–Trinajstić information content (AvgIpc) is 3.51. The van der Waals surface area contributed by atoms with Crippen molar-refractivity contribution >= 4 is 23.4 Å². The summed E-state index contributed by atoms with van der Waals surface area (Å²) in [6, 6.07) is 13.5.